The number of nitrogen functional groups attached to an aromatic ring is 1. The van der Waals surface area contributed by atoms with E-state index in [1.165, 1.54) is 6.07 Å². The molecule has 1 aliphatic heterocycles. The van der Waals surface area contributed by atoms with Crippen molar-refractivity contribution in [2.75, 3.05) is 30.8 Å². The zero-order valence-corrected chi connectivity index (χ0v) is 8.74. The van der Waals surface area contributed by atoms with E-state index >= 15 is 0 Å². The lowest BCUT2D eigenvalue weighted by atomic mass is 10.2. The number of halogens is 1. The molecule has 82 valence electrons. The fourth-order valence-corrected chi connectivity index (χ4v) is 1.87. The number of hydrogen-bond donors (Lipinski definition) is 1. The number of hydrogen-bond acceptors (Lipinski definition) is 3. The van der Waals surface area contributed by atoms with Gasteiger partial charge in [-0.15, -0.1) is 0 Å². The lowest BCUT2D eigenvalue weighted by molar-refractivity contribution is 0.121. The average molecular weight is 210 g/mol. The summed E-state index contributed by atoms with van der Waals surface area (Å²) >= 11 is 0. The Bertz CT molecular complexity index is 356. The van der Waals surface area contributed by atoms with E-state index in [1.54, 1.807) is 13.2 Å². The molecule has 4 heteroatoms. The topological polar surface area (TPSA) is 38.5 Å². The van der Waals surface area contributed by atoms with Crippen LogP contribution in [0.25, 0.3) is 0 Å². The van der Waals surface area contributed by atoms with Gasteiger partial charge in [-0.1, -0.05) is 0 Å². The van der Waals surface area contributed by atoms with Gasteiger partial charge >= 0.3 is 0 Å². The summed E-state index contributed by atoms with van der Waals surface area (Å²) in [5.41, 5.74) is 6.49. The molecule has 1 saturated heterocycles. The van der Waals surface area contributed by atoms with Crippen molar-refractivity contribution in [1.82, 2.24) is 0 Å². The molecular formula is C11H15FN2O. The van der Waals surface area contributed by atoms with Gasteiger partial charge in [0.2, 0.25) is 0 Å². The van der Waals surface area contributed by atoms with Gasteiger partial charge in [0.05, 0.1) is 11.8 Å². The summed E-state index contributed by atoms with van der Waals surface area (Å²) in [6, 6.07) is 4.93. The molecule has 0 spiro atoms. The van der Waals surface area contributed by atoms with Crippen molar-refractivity contribution in [3.63, 3.8) is 0 Å². The van der Waals surface area contributed by atoms with Gasteiger partial charge in [-0.05, 0) is 24.6 Å². The van der Waals surface area contributed by atoms with Gasteiger partial charge in [-0.25, -0.2) is 4.39 Å². The third-order valence-corrected chi connectivity index (χ3v) is 2.83. The van der Waals surface area contributed by atoms with Crippen molar-refractivity contribution in [1.29, 1.82) is 0 Å². The van der Waals surface area contributed by atoms with Crippen LogP contribution in [-0.2, 0) is 4.74 Å². The van der Waals surface area contributed by atoms with Gasteiger partial charge in [-0.2, -0.15) is 0 Å². The van der Waals surface area contributed by atoms with Gasteiger partial charge in [-0.3, -0.25) is 0 Å². The second-order valence-corrected chi connectivity index (χ2v) is 3.80. The Labute approximate surface area is 88.6 Å². The highest BCUT2D eigenvalue weighted by atomic mass is 19.1. The van der Waals surface area contributed by atoms with E-state index < -0.39 is 0 Å². The van der Waals surface area contributed by atoms with Gasteiger partial charge in [0.25, 0.3) is 0 Å². The van der Waals surface area contributed by atoms with Crippen LogP contribution in [0.4, 0.5) is 15.8 Å². The fourth-order valence-electron chi connectivity index (χ4n) is 1.87. The maximum Gasteiger partial charge on any atom is 0.148 e. The zero-order chi connectivity index (χ0) is 10.8. The Morgan fingerprint density at radius 1 is 1.53 bits per heavy atom. The van der Waals surface area contributed by atoms with Gasteiger partial charge < -0.3 is 15.4 Å². The van der Waals surface area contributed by atoms with Crippen LogP contribution in [0.15, 0.2) is 18.2 Å². The summed E-state index contributed by atoms with van der Waals surface area (Å²) in [6.07, 6.45) is 1.24. The summed E-state index contributed by atoms with van der Waals surface area (Å²) in [4.78, 5) is 2.11. The first-order valence-electron chi connectivity index (χ1n) is 5.03. The molecule has 1 aromatic rings. The Hall–Kier alpha value is -1.29. The molecule has 1 aliphatic rings. The predicted octanol–water partition coefficient (Wildman–Crippen LogP) is 1.63. The summed E-state index contributed by atoms with van der Waals surface area (Å²) in [5, 5.41) is 0. The second-order valence-electron chi connectivity index (χ2n) is 3.80. The van der Waals surface area contributed by atoms with Crippen LogP contribution >= 0.6 is 0 Å². The number of rotatable bonds is 2. The van der Waals surface area contributed by atoms with Crippen LogP contribution in [0.2, 0.25) is 0 Å². The van der Waals surface area contributed by atoms with Crippen molar-refractivity contribution in [2.24, 2.45) is 0 Å². The molecular weight excluding hydrogens is 195 g/mol. The first-order valence-corrected chi connectivity index (χ1v) is 5.03. The molecule has 1 atom stereocenters. The smallest absolute Gasteiger partial charge is 0.148 e. The molecule has 15 heavy (non-hydrogen) atoms. The van der Waals surface area contributed by atoms with E-state index in [-0.39, 0.29) is 17.6 Å². The first kappa shape index (κ1) is 10.2. The Kier molecular flexibility index (Phi) is 2.77. The van der Waals surface area contributed by atoms with E-state index in [0.717, 1.165) is 25.2 Å². The number of anilines is 2. The molecule has 0 aromatic heterocycles. The number of nitrogens with zero attached hydrogens (tertiary/aromatic N) is 1. The summed E-state index contributed by atoms with van der Waals surface area (Å²) in [5.74, 6) is -0.353. The molecule has 2 rings (SSSR count). The fraction of sp³-hybridized carbons (Fsp3) is 0.455. The van der Waals surface area contributed by atoms with Gasteiger partial charge in [0.1, 0.15) is 5.82 Å². The minimum absolute atomic E-state index is 0.196. The molecule has 0 bridgehead atoms. The lowest BCUT2D eigenvalue weighted by Crippen LogP contribution is -2.22. The number of methoxy groups -OCH3 is 1. The lowest BCUT2D eigenvalue weighted by Gasteiger charge is -2.18. The highest BCUT2D eigenvalue weighted by Crippen LogP contribution is 2.24. The zero-order valence-electron chi connectivity index (χ0n) is 8.74. The molecule has 0 radical (unpaired) electrons. The van der Waals surface area contributed by atoms with Crippen molar-refractivity contribution in [2.45, 2.75) is 12.5 Å². The van der Waals surface area contributed by atoms with E-state index in [1.807, 2.05) is 6.07 Å². The van der Waals surface area contributed by atoms with Gasteiger partial charge in [0, 0.05) is 25.9 Å². The summed E-state index contributed by atoms with van der Waals surface area (Å²) in [7, 11) is 1.71. The molecule has 2 N–H and O–H groups in total. The van der Waals surface area contributed by atoms with E-state index in [0.29, 0.717) is 0 Å². The third-order valence-electron chi connectivity index (χ3n) is 2.83. The third kappa shape index (κ3) is 2.04. The van der Waals surface area contributed by atoms with Crippen LogP contribution in [0.3, 0.4) is 0 Å². The van der Waals surface area contributed by atoms with Crippen molar-refractivity contribution >= 4 is 11.4 Å². The highest BCUT2D eigenvalue weighted by molar-refractivity contribution is 5.54. The molecule has 1 fully saturated rings. The summed E-state index contributed by atoms with van der Waals surface area (Å²) < 4.78 is 18.5. The SMILES string of the molecule is CO[C@@H]1CCN(c2ccc(N)c(F)c2)C1. The van der Waals surface area contributed by atoms with Crippen molar-refractivity contribution in [3.05, 3.63) is 24.0 Å². The minimum atomic E-state index is -0.353. The van der Waals surface area contributed by atoms with Crippen LogP contribution in [-0.4, -0.2) is 26.3 Å². The molecule has 0 amide bonds. The first-order chi connectivity index (χ1) is 7.20. The van der Waals surface area contributed by atoms with E-state index in [9.17, 15) is 4.39 Å². The van der Waals surface area contributed by atoms with E-state index in [2.05, 4.69) is 4.90 Å². The minimum Gasteiger partial charge on any atom is -0.396 e. The monoisotopic (exact) mass is 210 g/mol. The molecule has 0 aliphatic carbocycles. The second kappa shape index (κ2) is 4.06. The maximum atomic E-state index is 13.2. The number of benzene rings is 1. The normalized spacial score (nSPS) is 20.9. The molecule has 1 aromatic carbocycles. The van der Waals surface area contributed by atoms with Crippen LogP contribution in [0, 0.1) is 5.82 Å². The standard InChI is InChI=1S/C11H15FN2O/c1-15-9-4-5-14(7-9)8-2-3-11(13)10(12)6-8/h2-3,6,9H,4-5,7,13H2,1H3/t9-/m1/s1. The predicted molar refractivity (Wildman–Crippen MR) is 58.4 cm³/mol. The number of ether oxygens (including phenoxy) is 1. The molecule has 0 saturated carbocycles. The Morgan fingerprint density at radius 2 is 2.33 bits per heavy atom. The molecule has 1 heterocycles. The molecule has 0 unspecified atom stereocenters. The quantitative estimate of drug-likeness (QED) is 0.754. The van der Waals surface area contributed by atoms with Crippen LogP contribution < -0.4 is 10.6 Å². The molecule has 3 nitrogen and oxygen atoms in total. The highest BCUT2D eigenvalue weighted by Gasteiger charge is 2.22. The van der Waals surface area contributed by atoms with Crippen molar-refractivity contribution in [3.8, 4) is 0 Å². The Morgan fingerprint density at radius 3 is 2.93 bits per heavy atom. The largest absolute Gasteiger partial charge is 0.396 e. The average Bonchev–Trinajstić information content (AvgIpc) is 2.70. The van der Waals surface area contributed by atoms with Gasteiger partial charge in [0.15, 0.2) is 0 Å². The summed E-state index contributed by atoms with van der Waals surface area (Å²) in [6.45, 7) is 1.72. The number of nitrogens with two attached hydrogens (primary N) is 1. The maximum absolute atomic E-state index is 13.2. The van der Waals surface area contributed by atoms with Crippen LogP contribution in [0.1, 0.15) is 6.42 Å². The van der Waals surface area contributed by atoms with Crippen molar-refractivity contribution < 1.29 is 9.13 Å². The van der Waals surface area contributed by atoms with E-state index in [4.69, 9.17) is 10.5 Å². The Balaban J connectivity index is 2.13. The van der Waals surface area contributed by atoms with Crippen LogP contribution in [0.5, 0.6) is 0 Å².